The molecule has 1 spiro atoms. The second kappa shape index (κ2) is 8.28. The Balaban J connectivity index is 1.48. The van der Waals surface area contributed by atoms with Crippen LogP contribution in [0.25, 0.3) is 0 Å². The van der Waals surface area contributed by atoms with Crippen LogP contribution in [0.1, 0.15) is 54.4 Å². The van der Waals surface area contributed by atoms with Gasteiger partial charge < -0.3 is 5.32 Å². The summed E-state index contributed by atoms with van der Waals surface area (Å²) in [7, 11) is -7.27. The molecule has 3 fully saturated rings. The monoisotopic (exact) mass is 532 g/mol. The Morgan fingerprint density at radius 2 is 1.69 bits per heavy atom. The van der Waals surface area contributed by atoms with Crippen molar-refractivity contribution in [2.75, 3.05) is 22.4 Å². The maximum atomic E-state index is 14.0. The molecule has 2 saturated carbocycles. The molecule has 2 aromatic rings. The highest BCUT2D eigenvalue weighted by atomic mass is 32.2. The molecule has 1 atom stereocenters. The lowest BCUT2D eigenvalue weighted by Crippen LogP contribution is -2.52. The molecule has 4 aliphatic rings. The van der Waals surface area contributed by atoms with Gasteiger partial charge in [0.05, 0.1) is 28.1 Å². The summed E-state index contributed by atoms with van der Waals surface area (Å²) in [4.78, 5) is 12.9. The molecule has 0 bridgehead atoms. The van der Waals surface area contributed by atoms with Gasteiger partial charge in [-0.2, -0.15) is 0 Å². The van der Waals surface area contributed by atoms with Crippen molar-refractivity contribution in [3.63, 3.8) is 0 Å². The molecular formula is C26H29FN2O5S2. The molecule has 2 heterocycles. The van der Waals surface area contributed by atoms with Gasteiger partial charge in [-0.3, -0.25) is 9.10 Å². The highest BCUT2D eigenvalue weighted by Crippen LogP contribution is 2.59. The Bertz CT molecular complexity index is 1420. The van der Waals surface area contributed by atoms with Crippen LogP contribution in [0.15, 0.2) is 47.4 Å². The molecule has 10 heteroatoms. The van der Waals surface area contributed by atoms with Crippen molar-refractivity contribution in [2.45, 2.75) is 54.9 Å². The molecule has 2 aromatic carbocycles. The fourth-order valence-corrected chi connectivity index (χ4v) is 9.34. The van der Waals surface area contributed by atoms with E-state index in [1.165, 1.54) is 16.4 Å². The van der Waals surface area contributed by atoms with Crippen molar-refractivity contribution in [3.8, 4) is 0 Å². The second-order valence-corrected chi connectivity index (χ2v) is 14.8. The number of carbonyl (C=O) groups excluding carboxylic acids is 1. The van der Waals surface area contributed by atoms with Crippen LogP contribution in [0.3, 0.4) is 0 Å². The largest absolute Gasteiger partial charge is 0.352 e. The van der Waals surface area contributed by atoms with Gasteiger partial charge in [0.2, 0.25) is 0 Å². The van der Waals surface area contributed by atoms with Crippen molar-refractivity contribution in [1.29, 1.82) is 0 Å². The number of sulfonamides is 1. The van der Waals surface area contributed by atoms with E-state index in [2.05, 4.69) is 5.32 Å². The average molecular weight is 533 g/mol. The zero-order chi connectivity index (χ0) is 25.3. The maximum Gasteiger partial charge on any atom is 0.264 e. The SMILES string of the molecule is O=C(NCC1CC1)c1ccc2c(c1)C1(CCS(=O)(=O)CC1)C(C1CC1)N2S(=O)(=O)c1ccc(F)cc1. The lowest BCUT2D eigenvalue weighted by molar-refractivity contribution is 0.0951. The van der Waals surface area contributed by atoms with Gasteiger partial charge in [0.25, 0.3) is 15.9 Å². The minimum absolute atomic E-state index is 0.00719. The van der Waals surface area contributed by atoms with Crippen LogP contribution in [0, 0.1) is 17.7 Å². The molecule has 0 radical (unpaired) electrons. The quantitative estimate of drug-likeness (QED) is 0.615. The predicted molar refractivity (Wildman–Crippen MR) is 134 cm³/mol. The van der Waals surface area contributed by atoms with E-state index in [0.717, 1.165) is 43.4 Å². The van der Waals surface area contributed by atoms with Gasteiger partial charge in [-0.15, -0.1) is 0 Å². The molecule has 1 saturated heterocycles. The summed E-state index contributed by atoms with van der Waals surface area (Å²) < 4.78 is 67.9. The maximum absolute atomic E-state index is 14.0. The summed E-state index contributed by atoms with van der Waals surface area (Å²) in [6.07, 6.45) is 4.56. The van der Waals surface area contributed by atoms with E-state index in [4.69, 9.17) is 0 Å². The number of nitrogens with one attached hydrogen (secondary N) is 1. The lowest BCUT2D eigenvalue weighted by Gasteiger charge is -2.41. The summed E-state index contributed by atoms with van der Waals surface area (Å²) in [5, 5.41) is 2.97. The molecule has 192 valence electrons. The van der Waals surface area contributed by atoms with E-state index in [1.54, 1.807) is 18.2 Å². The molecule has 0 aromatic heterocycles. The van der Waals surface area contributed by atoms with E-state index >= 15 is 0 Å². The standard InChI is InChI=1S/C26H29FN2O5S2/c27-20-6-8-21(9-7-20)36(33,34)29-23-10-5-19(25(30)28-16-17-1-2-17)15-22(23)26(24(29)18-3-4-18)11-13-35(31,32)14-12-26/h5-10,15,17-18,24H,1-4,11-14,16H2,(H,28,30). The summed E-state index contributed by atoms with van der Waals surface area (Å²) in [5.41, 5.74) is 0.993. The highest BCUT2D eigenvalue weighted by molar-refractivity contribution is 7.93. The van der Waals surface area contributed by atoms with Gasteiger partial charge in [0.15, 0.2) is 0 Å². The molecule has 36 heavy (non-hydrogen) atoms. The molecule has 7 nitrogen and oxygen atoms in total. The first-order valence-electron chi connectivity index (χ1n) is 12.5. The third-order valence-electron chi connectivity index (χ3n) is 8.26. The van der Waals surface area contributed by atoms with Gasteiger partial charge in [-0.25, -0.2) is 21.2 Å². The number of anilines is 1. The lowest BCUT2D eigenvalue weighted by atomic mass is 9.70. The van der Waals surface area contributed by atoms with Crippen molar-refractivity contribution in [1.82, 2.24) is 5.32 Å². The van der Waals surface area contributed by atoms with Gasteiger partial charge in [-0.1, -0.05) is 0 Å². The Labute approximate surface area is 211 Å². The van der Waals surface area contributed by atoms with E-state index in [9.17, 15) is 26.0 Å². The number of fused-ring (bicyclic) bond motifs is 2. The van der Waals surface area contributed by atoms with Crippen LogP contribution in [-0.4, -0.2) is 46.8 Å². The molecule has 1 unspecified atom stereocenters. The van der Waals surface area contributed by atoms with Crippen molar-refractivity contribution >= 4 is 31.5 Å². The second-order valence-electron chi connectivity index (χ2n) is 10.7. The Morgan fingerprint density at radius 3 is 2.31 bits per heavy atom. The Morgan fingerprint density at radius 1 is 1.03 bits per heavy atom. The number of carbonyl (C=O) groups is 1. The number of halogens is 1. The van der Waals surface area contributed by atoms with Crippen LogP contribution in [0.2, 0.25) is 0 Å². The average Bonchev–Trinajstić information content (AvgIpc) is 3.77. The van der Waals surface area contributed by atoms with Crippen LogP contribution in [0.5, 0.6) is 0 Å². The topological polar surface area (TPSA) is 101 Å². The minimum atomic E-state index is -4.06. The van der Waals surface area contributed by atoms with E-state index < -0.39 is 37.1 Å². The molecular weight excluding hydrogens is 503 g/mol. The predicted octanol–water partition coefficient (Wildman–Crippen LogP) is 3.40. The number of hydrogen-bond donors (Lipinski definition) is 1. The Kier molecular flexibility index (Phi) is 5.50. The molecule has 6 rings (SSSR count). The van der Waals surface area contributed by atoms with Gasteiger partial charge in [0, 0.05) is 17.5 Å². The first-order chi connectivity index (χ1) is 17.1. The smallest absolute Gasteiger partial charge is 0.264 e. The molecule has 1 N–H and O–H groups in total. The zero-order valence-corrected chi connectivity index (χ0v) is 21.5. The van der Waals surface area contributed by atoms with Crippen molar-refractivity contribution in [3.05, 3.63) is 59.4 Å². The summed E-state index contributed by atoms with van der Waals surface area (Å²) in [5.74, 6) is -0.137. The molecule has 2 aliphatic carbocycles. The molecule has 1 amide bonds. The third-order valence-corrected chi connectivity index (χ3v) is 11.7. The summed E-state index contributed by atoms with van der Waals surface area (Å²) >= 11 is 0. The highest BCUT2D eigenvalue weighted by Gasteiger charge is 2.60. The summed E-state index contributed by atoms with van der Waals surface area (Å²) in [6.45, 7) is 0.620. The van der Waals surface area contributed by atoms with Gasteiger partial charge in [-0.05, 0) is 98.4 Å². The summed E-state index contributed by atoms with van der Waals surface area (Å²) in [6, 6.07) is 9.48. The first-order valence-corrected chi connectivity index (χ1v) is 15.8. The zero-order valence-electron chi connectivity index (χ0n) is 19.8. The van der Waals surface area contributed by atoms with Gasteiger partial charge in [0.1, 0.15) is 15.7 Å². The van der Waals surface area contributed by atoms with E-state index in [0.29, 0.717) is 36.6 Å². The fourth-order valence-electron chi connectivity index (χ4n) is 5.98. The third kappa shape index (κ3) is 4.02. The van der Waals surface area contributed by atoms with Crippen LogP contribution in [-0.2, 0) is 25.3 Å². The number of rotatable bonds is 6. The normalized spacial score (nSPS) is 24.5. The Hall–Kier alpha value is -2.46. The van der Waals surface area contributed by atoms with E-state index in [-0.39, 0.29) is 28.2 Å². The fraction of sp³-hybridized carbons (Fsp3) is 0.500. The van der Waals surface area contributed by atoms with Crippen LogP contribution < -0.4 is 9.62 Å². The van der Waals surface area contributed by atoms with Gasteiger partial charge >= 0.3 is 0 Å². The van der Waals surface area contributed by atoms with Crippen LogP contribution >= 0.6 is 0 Å². The number of nitrogens with zero attached hydrogens (tertiary/aromatic N) is 1. The number of benzene rings is 2. The van der Waals surface area contributed by atoms with Crippen LogP contribution in [0.4, 0.5) is 10.1 Å². The number of sulfone groups is 1. The number of hydrogen-bond acceptors (Lipinski definition) is 5. The van der Waals surface area contributed by atoms with Crippen molar-refractivity contribution < 1.29 is 26.0 Å². The molecule has 2 aliphatic heterocycles. The minimum Gasteiger partial charge on any atom is -0.352 e. The van der Waals surface area contributed by atoms with E-state index in [1.807, 2.05) is 0 Å². The van der Waals surface area contributed by atoms with Crippen molar-refractivity contribution in [2.24, 2.45) is 11.8 Å². The number of amides is 1. The first kappa shape index (κ1) is 23.9.